The minimum atomic E-state index is 0. The van der Waals surface area contributed by atoms with Crippen molar-refractivity contribution in [3.05, 3.63) is 27.5 Å². The van der Waals surface area contributed by atoms with E-state index < -0.39 is 0 Å². The first-order chi connectivity index (χ1) is 7.72. The van der Waals surface area contributed by atoms with Crippen LogP contribution in [0.4, 0.5) is 0 Å². The molecule has 2 saturated heterocycles. The molecule has 0 N–H and O–H groups in total. The summed E-state index contributed by atoms with van der Waals surface area (Å²) >= 11 is 9.43. The molecule has 0 atom stereocenters. The zero-order valence-corrected chi connectivity index (χ0v) is 12.6. The number of hydrogen-bond acceptors (Lipinski definition) is 2. The molecule has 2 aliphatic heterocycles. The van der Waals surface area contributed by atoms with Crippen LogP contribution in [0.3, 0.4) is 0 Å². The van der Waals surface area contributed by atoms with Crippen molar-refractivity contribution in [3.8, 4) is 0 Å². The van der Waals surface area contributed by atoms with Crippen LogP contribution in [0.2, 0.25) is 5.15 Å². The molecule has 0 radical (unpaired) electrons. The van der Waals surface area contributed by atoms with Crippen LogP contribution >= 0.6 is 39.9 Å². The number of pyridine rings is 1. The Kier molecular flexibility index (Phi) is 4.03. The largest absolute Gasteiger partial charge is 0.294 e. The van der Waals surface area contributed by atoms with Crippen molar-refractivity contribution in [2.24, 2.45) is 0 Å². The van der Waals surface area contributed by atoms with Crippen molar-refractivity contribution in [2.45, 2.75) is 31.2 Å². The summed E-state index contributed by atoms with van der Waals surface area (Å²) in [6.45, 7) is 2.47. The minimum absolute atomic E-state index is 0. The van der Waals surface area contributed by atoms with Crippen LogP contribution in [0.25, 0.3) is 0 Å². The Hall–Kier alpha value is 0.170. The normalized spacial score (nSPS) is 22.2. The lowest BCUT2D eigenvalue weighted by molar-refractivity contribution is 0.197. The van der Waals surface area contributed by atoms with Gasteiger partial charge in [0.15, 0.2) is 0 Å². The fourth-order valence-corrected chi connectivity index (χ4v) is 3.71. The minimum Gasteiger partial charge on any atom is -0.294 e. The third-order valence-corrected chi connectivity index (χ3v) is 5.11. The highest BCUT2D eigenvalue weighted by Gasteiger charge is 2.45. The van der Waals surface area contributed by atoms with E-state index in [9.17, 15) is 0 Å². The van der Waals surface area contributed by atoms with Crippen LogP contribution in [-0.2, 0) is 5.54 Å². The van der Waals surface area contributed by atoms with Gasteiger partial charge in [0, 0.05) is 11.7 Å². The maximum atomic E-state index is 5.96. The molecular formula is C12H15BrCl2N2. The van der Waals surface area contributed by atoms with Crippen molar-refractivity contribution in [3.63, 3.8) is 0 Å². The molecule has 2 fully saturated rings. The highest BCUT2D eigenvalue weighted by atomic mass is 79.9. The van der Waals surface area contributed by atoms with Gasteiger partial charge in [-0.25, -0.2) is 4.98 Å². The van der Waals surface area contributed by atoms with Gasteiger partial charge >= 0.3 is 0 Å². The Labute approximate surface area is 121 Å². The fourth-order valence-electron chi connectivity index (χ4n) is 3.25. The van der Waals surface area contributed by atoms with Gasteiger partial charge in [0.25, 0.3) is 0 Å². The van der Waals surface area contributed by atoms with Gasteiger partial charge in [-0.3, -0.25) is 4.90 Å². The first kappa shape index (κ1) is 13.6. The molecule has 0 unspecified atom stereocenters. The van der Waals surface area contributed by atoms with Crippen LogP contribution in [0.5, 0.6) is 0 Å². The second-order valence-corrected chi connectivity index (χ2v) is 5.93. The second-order valence-electron chi connectivity index (χ2n) is 4.72. The number of aromatic nitrogens is 1. The van der Waals surface area contributed by atoms with E-state index in [-0.39, 0.29) is 17.9 Å². The Bertz CT molecular complexity index is 415. The molecule has 0 aliphatic carbocycles. The van der Waals surface area contributed by atoms with Crippen LogP contribution in [0.1, 0.15) is 31.2 Å². The van der Waals surface area contributed by atoms with Gasteiger partial charge in [-0.05, 0) is 66.3 Å². The number of nitrogens with zero attached hydrogens (tertiary/aromatic N) is 2. The molecule has 3 heterocycles. The molecule has 0 saturated carbocycles. The molecule has 3 rings (SSSR count). The third-order valence-electron chi connectivity index (χ3n) is 3.98. The molecule has 0 amide bonds. The van der Waals surface area contributed by atoms with Gasteiger partial charge in [0.1, 0.15) is 5.15 Å². The molecule has 2 nitrogen and oxygen atoms in total. The fraction of sp³-hybridized carbons (Fsp3) is 0.583. The summed E-state index contributed by atoms with van der Waals surface area (Å²) < 4.78 is 0.916. The third kappa shape index (κ3) is 2.12. The maximum absolute atomic E-state index is 5.96. The van der Waals surface area contributed by atoms with Gasteiger partial charge in [-0.1, -0.05) is 11.6 Å². The Morgan fingerprint density at radius 1 is 1.29 bits per heavy atom. The predicted molar refractivity (Wildman–Crippen MR) is 75.9 cm³/mol. The van der Waals surface area contributed by atoms with Gasteiger partial charge in [0.2, 0.25) is 0 Å². The molecule has 2 aliphatic rings. The number of hydrogen-bond donors (Lipinski definition) is 0. The highest BCUT2D eigenvalue weighted by Crippen LogP contribution is 2.47. The summed E-state index contributed by atoms with van der Waals surface area (Å²) in [5.41, 5.74) is 1.60. The quantitative estimate of drug-likeness (QED) is 0.720. The monoisotopic (exact) mass is 336 g/mol. The van der Waals surface area contributed by atoms with Gasteiger partial charge in [-0.2, -0.15) is 0 Å². The van der Waals surface area contributed by atoms with E-state index in [1.54, 1.807) is 0 Å². The van der Waals surface area contributed by atoms with Crippen LogP contribution in [-0.4, -0.2) is 23.0 Å². The zero-order valence-electron chi connectivity index (χ0n) is 9.46. The summed E-state index contributed by atoms with van der Waals surface area (Å²) in [6, 6.07) is 2.15. The first-order valence-electron chi connectivity index (χ1n) is 5.79. The van der Waals surface area contributed by atoms with Crippen LogP contribution in [0.15, 0.2) is 16.7 Å². The smallest absolute Gasteiger partial charge is 0.143 e. The second kappa shape index (κ2) is 5.04. The molecule has 94 valence electrons. The van der Waals surface area contributed by atoms with E-state index in [0.29, 0.717) is 5.15 Å². The molecule has 17 heavy (non-hydrogen) atoms. The molecule has 0 spiro atoms. The van der Waals surface area contributed by atoms with Crippen LogP contribution in [0, 0.1) is 0 Å². The van der Waals surface area contributed by atoms with Crippen LogP contribution < -0.4 is 0 Å². The Morgan fingerprint density at radius 2 is 1.94 bits per heavy atom. The van der Waals surface area contributed by atoms with Crippen molar-refractivity contribution < 1.29 is 0 Å². The summed E-state index contributed by atoms with van der Waals surface area (Å²) in [4.78, 5) is 6.89. The summed E-state index contributed by atoms with van der Waals surface area (Å²) in [5, 5.41) is 0.558. The molecular weight excluding hydrogens is 323 g/mol. The van der Waals surface area contributed by atoms with Crippen molar-refractivity contribution >= 4 is 39.9 Å². The van der Waals surface area contributed by atoms with E-state index >= 15 is 0 Å². The van der Waals surface area contributed by atoms with Crippen molar-refractivity contribution in [2.75, 3.05) is 13.1 Å². The lowest BCUT2D eigenvalue weighted by atomic mass is 9.87. The SMILES string of the molecule is Cl.Clc1ncc(C23CCCN2CCC3)cc1Br. The average Bonchev–Trinajstić information content (AvgIpc) is 2.81. The number of halogens is 3. The Balaban J connectivity index is 0.00000108. The van der Waals surface area contributed by atoms with E-state index in [0.717, 1.165) is 4.47 Å². The van der Waals surface area contributed by atoms with Crippen molar-refractivity contribution in [1.29, 1.82) is 0 Å². The molecule has 5 heteroatoms. The lowest BCUT2D eigenvalue weighted by Crippen LogP contribution is -2.35. The number of rotatable bonds is 1. The van der Waals surface area contributed by atoms with E-state index in [1.165, 1.54) is 44.3 Å². The highest BCUT2D eigenvalue weighted by molar-refractivity contribution is 9.10. The first-order valence-corrected chi connectivity index (χ1v) is 6.96. The summed E-state index contributed by atoms with van der Waals surface area (Å²) in [6.07, 6.45) is 7.10. The molecule has 1 aromatic rings. The summed E-state index contributed by atoms with van der Waals surface area (Å²) in [5.74, 6) is 0. The number of fused-ring (bicyclic) bond motifs is 1. The lowest BCUT2D eigenvalue weighted by Gasteiger charge is -2.32. The van der Waals surface area contributed by atoms with Gasteiger partial charge in [-0.15, -0.1) is 12.4 Å². The summed E-state index contributed by atoms with van der Waals surface area (Å²) in [7, 11) is 0. The van der Waals surface area contributed by atoms with Gasteiger partial charge < -0.3 is 0 Å². The van der Waals surface area contributed by atoms with E-state index in [4.69, 9.17) is 11.6 Å². The van der Waals surface area contributed by atoms with Crippen molar-refractivity contribution in [1.82, 2.24) is 9.88 Å². The van der Waals surface area contributed by atoms with E-state index in [2.05, 4.69) is 31.9 Å². The average molecular weight is 338 g/mol. The maximum Gasteiger partial charge on any atom is 0.143 e. The van der Waals surface area contributed by atoms with E-state index in [1.807, 2.05) is 6.20 Å². The molecule has 0 aromatic carbocycles. The predicted octanol–water partition coefficient (Wildman–Crippen LogP) is 4.00. The topological polar surface area (TPSA) is 16.1 Å². The zero-order chi connectivity index (χ0) is 11.2. The van der Waals surface area contributed by atoms with Gasteiger partial charge in [0.05, 0.1) is 4.47 Å². The molecule has 1 aromatic heterocycles. The standard InChI is InChI=1S/C12H14BrClN2.ClH/c13-10-7-9(8-15-11(10)14)12-3-1-5-16(12)6-2-4-12;/h7-8H,1-6H2;1H. The Morgan fingerprint density at radius 3 is 2.53 bits per heavy atom. The molecule has 0 bridgehead atoms.